The zero-order valence-electron chi connectivity index (χ0n) is 11.5. The van der Waals surface area contributed by atoms with Gasteiger partial charge in [0.15, 0.2) is 0 Å². The summed E-state index contributed by atoms with van der Waals surface area (Å²) in [5.74, 6) is -0.597. The van der Waals surface area contributed by atoms with Crippen molar-refractivity contribution in [2.75, 3.05) is 12.4 Å². The average molecular weight is 352 g/mol. The summed E-state index contributed by atoms with van der Waals surface area (Å²) in [7, 11) is 1.37. The van der Waals surface area contributed by atoms with Crippen molar-refractivity contribution in [1.29, 1.82) is 0 Å². The fourth-order valence-corrected chi connectivity index (χ4v) is 2.18. The van der Waals surface area contributed by atoms with Gasteiger partial charge >= 0.3 is 5.97 Å². The Hall–Kier alpha value is -1.88. The van der Waals surface area contributed by atoms with Gasteiger partial charge in [-0.15, -0.1) is 0 Å². The number of hydrogen-bond acceptors (Lipinski definition) is 3. The van der Waals surface area contributed by atoms with Crippen LogP contribution < -0.4 is 5.32 Å². The monoisotopic (exact) mass is 351 g/mol. The number of ether oxygens (including phenoxy) is 1. The summed E-state index contributed by atoms with van der Waals surface area (Å²) in [6, 6.07) is 12.5. The molecule has 1 N–H and O–H groups in total. The maximum atomic E-state index is 13.5. The van der Waals surface area contributed by atoms with E-state index >= 15 is 0 Å². The van der Waals surface area contributed by atoms with Gasteiger partial charge in [-0.2, -0.15) is 0 Å². The minimum absolute atomic E-state index is 0.225. The first-order valence-corrected chi connectivity index (χ1v) is 7.22. The lowest BCUT2D eigenvalue weighted by atomic mass is 10.0. The molecule has 0 aromatic heterocycles. The molecule has 0 saturated heterocycles. The second-order valence-corrected chi connectivity index (χ2v) is 5.36. The van der Waals surface area contributed by atoms with Crippen molar-refractivity contribution in [3.63, 3.8) is 0 Å². The van der Waals surface area contributed by atoms with Gasteiger partial charge in [0.1, 0.15) is 5.82 Å². The molecule has 0 aliphatic carbocycles. The molecular formula is C16H15BrFNO2. The number of hydrogen-bond donors (Lipinski definition) is 1. The Morgan fingerprint density at radius 3 is 2.62 bits per heavy atom. The molecule has 0 amide bonds. The number of esters is 1. The Labute approximate surface area is 131 Å². The van der Waals surface area contributed by atoms with E-state index in [0.29, 0.717) is 16.7 Å². The van der Waals surface area contributed by atoms with Crippen LogP contribution in [0.5, 0.6) is 0 Å². The average Bonchev–Trinajstić information content (AvgIpc) is 2.49. The Bertz CT molecular complexity index is 646. The second-order valence-electron chi connectivity index (χ2n) is 4.50. The number of methoxy groups -OCH3 is 1. The van der Waals surface area contributed by atoms with Gasteiger partial charge in [-0.1, -0.05) is 24.3 Å². The Balaban J connectivity index is 2.09. The molecule has 2 aromatic rings. The topological polar surface area (TPSA) is 38.3 Å². The molecule has 0 saturated carbocycles. The Morgan fingerprint density at radius 2 is 1.95 bits per heavy atom. The zero-order chi connectivity index (χ0) is 15.2. The molecule has 0 atom stereocenters. The summed E-state index contributed by atoms with van der Waals surface area (Å²) in [4.78, 5) is 11.4. The summed E-state index contributed by atoms with van der Waals surface area (Å²) in [5, 5.41) is 3.15. The predicted octanol–water partition coefficient (Wildman–Crippen LogP) is 3.92. The molecule has 0 unspecified atom stereocenters. The maximum absolute atomic E-state index is 13.5. The lowest BCUT2D eigenvalue weighted by molar-refractivity contribution is -0.139. The van der Waals surface area contributed by atoms with Crippen molar-refractivity contribution < 1.29 is 13.9 Å². The largest absolute Gasteiger partial charge is 0.469 e. The highest BCUT2D eigenvalue weighted by molar-refractivity contribution is 9.10. The molecule has 5 heteroatoms. The second kappa shape index (κ2) is 7.22. The van der Waals surface area contributed by atoms with Crippen molar-refractivity contribution in [2.24, 2.45) is 0 Å². The highest BCUT2D eigenvalue weighted by atomic mass is 79.9. The summed E-state index contributed by atoms with van der Waals surface area (Å²) in [6.45, 7) is 0.508. The third kappa shape index (κ3) is 4.29. The molecule has 0 aliphatic rings. The van der Waals surface area contributed by atoms with Crippen LogP contribution in [0.3, 0.4) is 0 Å². The molecule has 21 heavy (non-hydrogen) atoms. The number of benzene rings is 2. The molecule has 0 fully saturated rings. The minimum atomic E-state index is -0.317. The Kier molecular flexibility index (Phi) is 5.33. The van der Waals surface area contributed by atoms with E-state index in [4.69, 9.17) is 0 Å². The lowest BCUT2D eigenvalue weighted by Gasteiger charge is -2.11. The number of nitrogens with one attached hydrogen (secondary N) is 1. The third-order valence-corrected chi connectivity index (χ3v) is 3.73. The highest BCUT2D eigenvalue weighted by Crippen LogP contribution is 2.20. The van der Waals surface area contributed by atoms with Crippen LogP contribution in [-0.2, 0) is 22.5 Å². The fourth-order valence-electron chi connectivity index (χ4n) is 1.93. The molecule has 3 nitrogen and oxygen atoms in total. The first-order chi connectivity index (χ1) is 10.1. The smallest absolute Gasteiger partial charge is 0.309 e. The number of carbonyl (C=O) groups excluding carboxylic acids is 1. The van der Waals surface area contributed by atoms with E-state index in [0.717, 1.165) is 11.1 Å². The quantitative estimate of drug-likeness (QED) is 0.829. The number of rotatable bonds is 5. The van der Waals surface area contributed by atoms with Crippen LogP contribution in [0.15, 0.2) is 46.9 Å². The van der Waals surface area contributed by atoms with Gasteiger partial charge < -0.3 is 10.1 Å². The van der Waals surface area contributed by atoms with E-state index in [-0.39, 0.29) is 18.2 Å². The van der Waals surface area contributed by atoms with Gasteiger partial charge in [-0.05, 0) is 45.3 Å². The van der Waals surface area contributed by atoms with Gasteiger partial charge in [0.2, 0.25) is 0 Å². The lowest BCUT2D eigenvalue weighted by Crippen LogP contribution is -2.09. The van der Waals surface area contributed by atoms with E-state index in [1.165, 1.54) is 13.2 Å². The standard InChI is InChI=1S/C16H15BrFNO2/c1-21-16(20)8-11-4-2-3-5-12(11)10-19-13-6-7-14(17)15(18)9-13/h2-7,9,19H,8,10H2,1H3. The van der Waals surface area contributed by atoms with Crippen LogP contribution in [0.4, 0.5) is 10.1 Å². The minimum Gasteiger partial charge on any atom is -0.469 e. The van der Waals surface area contributed by atoms with Crippen molar-refractivity contribution >= 4 is 27.6 Å². The summed E-state index contributed by atoms with van der Waals surface area (Å²) in [6.07, 6.45) is 0.225. The molecule has 0 radical (unpaired) electrons. The van der Waals surface area contributed by atoms with Gasteiger partial charge in [0.05, 0.1) is 18.0 Å². The van der Waals surface area contributed by atoms with Crippen LogP contribution >= 0.6 is 15.9 Å². The summed E-state index contributed by atoms with van der Waals surface area (Å²) < 4.78 is 18.6. The molecular weight excluding hydrogens is 337 g/mol. The maximum Gasteiger partial charge on any atom is 0.309 e. The number of carbonyl (C=O) groups is 1. The van der Waals surface area contributed by atoms with Crippen LogP contribution in [0.2, 0.25) is 0 Å². The van der Waals surface area contributed by atoms with Crippen LogP contribution in [0.1, 0.15) is 11.1 Å². The van der Waals surface area contributed by atoms with Crippen molar-refractivity contribution in [2.45, 2.75) is 13.0 Å². The molecule has 0 spiro atoms. The van der Waals surface area contributed by atoms with Crippen LogP contribution in [-0.4, -0.2) is 13.1 Å². The van der Waals surface area contributed by atoms with Crippen molar-refractivity contribution in [1.82, 2.24) is 0 Å². The summed E-state index contributed by atoms with van der Waals surface area (Å²) >= 11 is 3.12. The number of halogens is 2. The molecule has 2 rings (SSSR count). The van der Waals surface area contributed by atoms with Crippen LogP contribution in [0, 0.1) is 5.82 Å². The van der Waals surface area contributed by atoms with Crippen molar-refractivity contribution in [3.05, 3.63) is 63.9 Å². The highest BCUT2D eigenvalue weighted by Gasteiger charge is 2.08. The first-order valence-electron chi connectivity index (χ1n) is 6.42. The zero-order valence-corrected chi connectivity index (χ0v) is 13.1. The SMILES string of the molecule is COC(=O)Cc1ccccc1CNc1ccc(Br)c(F)c1. The van der Waals surface area contributed by atoms with E-state index in [1.807, 2.05) is 24.3 Å². The molecule has 110 valence electrons. The Morgan fingerprint density at radius 1 is 1.24 bits per heavy atom. The van der Waals surface area contributed by atoms with Gasteiger partial charge in [-0.3, -0.25) is 4.79 Å². The van der Waals surface area contributed by atoms with E-state index in [2.05, 4.69) is 26.0 Å². The molecule has 2 aromatic carbocycles. The van der Waals surface area contributed by atoms with Gasteiger partial charge in [0.25, 0.3) is 0 Å². The molecule has 0 aliphatic heterocycles. The predicted molar refractivity (Wildman–Crippen MR) is 83.6 cm³/mol. The first kappa shape index (κ1) is 15.5. The van der Waals surface area contributed by atoms with Crippen LogP contribution in [0.25, 0.3) is 0 Å². The van der Waals surface area contributed by atoms with E-state index in [1.54, 1.807) is 12.1 Å². The number of anilines is 1. The third-order valence-electron chi connectivity index (χ3n) is 3.08. The van der Waals surface area contributed by atoms with E-state index < -0.39 is 0 Å². The normalized spacial score (nSPS) is 10.2. The van der Waals surface area contributed by atoms with Crippen molar-refractivity contribution in [3.8, 4) is 0 Å². The molecule has 0 heterocycles. The van der Waals surface area contributed by atoms with E-state index in [9.17, 15) is 9.18 Å². The van der Waals surface area contributed by atoms with Gasteiger partial charge in [-0.25, -0.2) is 4.39 Å². The fraction of sp³-hybridized carbons (Fsp3) is 0.188. The molecule has 0 bridgehead atoms. The van der Waals surface area contributed by atoms with Gasteiger partial charge in [0, 0.05) is 12.2 Å². The summed E-state index contributed by atoms with van der Waals surface area (Å²) in [5.41, 5.74) is 2.56.